The second-order valence-corrected chi connectivity index (χ2v) is 5.04. The maximum atomic E-state index is 12.8. The summed E-state index contributed by atoms with van der Waals surface area (Å²) >= 11 is 10.9. The van der Waals surface area contributed by atoms with Gasteiger partial charge in [0.2, 0.25) is 0 Å². The highest BCUT2D eigenvalue weighted by Crippen LogP contribution is 2.22. The van der Waals surface area contributed by atoms with Gasteiger partial charge in [-0.2, -0.15) is 0 Å². The molecule has 0 saturated heterocycles. The highest BCUT2D eigenvalue weighted by molar-refractivity contribution is 7.80. The molecule has 0 bridgehead atoms. The SMILES string of the molecule is O=C(COc1ccccc1Cl)NC(=S)Nc1ccc(F)cc1. The Labute approximate surface area is 137 Å². The van der Waals surface area contributed by atoms with Crippen LogP contribution < -0.4 is 15.4 Å². The van der Waals surface area contributed by atoms with Crippen LogP contribution in [-0.4, -0.2) is 17.6 Å². The van der Waals surface area contributed by atoms with E-state index in [0.29, 0.717) is 16.5 Å². The van der Waals surface area contributed by atoms with Crippen molar-refractivity contribution in [2.45, 2.75) is 0 Å². The van der Waals surface area contributed by atoms with Crippen molar-refractivity contribution >= 4 is 40.5 Å². The minimum absolute atomic E-state index is 0.0966. The number of carbonyl (C=O) groups is 1. The third-order valence-electron chi connectivity index (χ3n) is 2.55. The summed E-state index contributed by atoms with van der Waals surface area (Å²) in [4.78, 5) is 11.7. The van der Waals surface area contributed by atoms with Crippen molar-refractivity contribution in [3.05, 3.63) is 59.4 Å². The first-order valence-corrected chi connectivity index (χ1v) is 7.07. The Balaban J connectivity index is 1.80. The molecule has 0 fully saturated rings. The van der Waals surface area contributed by atoms with Gasteiger partial charge in [0.05, 0.1) is 5.02 Å². The molecule has 0 heterocycles. The molecule has 2 N–H and O–H groups in total. The second-order valence-electron chi connectivity index (χ2n) is 4.23. The average molecular weight is 339 g/mol. The van der Waals surface area contributed by atoms with E-state index >= 15 is 0 Å². The highest BCUT2D eigenvalue weighted by Gasteiger charge is 2.07. The lowest BCUT2D eigenvalue weighted by Crippen LogP contribution is -2.37. The molecular weight excluding hydrogens is 327 g/mol. The van der Waals surface area contributed by atoms with Gasteiger partial charge < -0.3 is 10.1 Å². The fourth-order valence-corrected chi connectivity index (χ4v) is 1.99. The summed E-state index contributed by atoms with van der Waals surface area (Å²) in [6.07, 6.45) is 0. The monoisotopic (exact) mass is 338 g/mol. The van der Waals surface area contributed by atoms with E-state index < -0.39 is 5.91 Å². The largest absolute Gasteiger partial charge is 0.482 e. The third kappa shape index (κ3) is 4.98. The number of halogens is 2. The fourth-order valence-electron chi connectivity index (χ4n) is 1.56. The lowest BCUT2D eigenvalue weighted by molar-refractivity contribution is -0.121. The maximum Gasteiger partial charge on any atom is 0.264 e. The molecule has 0 aliphatic carbocycles. The van der Waals surface area contributed by atoms with E-state index in [4.69, 9.17) is 28.6 Å². The van der Waals surface area contributed by atoms with Crippen molar-refractivity contribution in [3.63, 3.8) is 0 Å². The molecule has 1 amide bonds. The summed E-state index contributed by atoms with van der Waals surface area (Å²) < 4.78 is 18.1. The zero-order valence-corrected chi connectivity index (χ0v) is 12.9. The number of ether oxygens (including phenoxy) is 1. The number of anilines is 1. The van der Waals surface area contributed by atoms with Gasteiger partial charge in [-0.05, 0) is 48.6 Å². The lowest BCUT2D eigenvalue weighted by atomic mass is 10.3. The van der Waals surface area contributed by atoms with Crippen LogP contribution in [0.1, 0.15) is 0 Å². The number of thiocarbonyl (C=S) groups is 1. The molecule has 4 nitrogen and oxygen atoms in total. The van der Waals surface area contributed by atoms with E-state index in [2.05, 4.69) is 10.6 Å². The van der Waals surface area contributed by atoms with Crippen molar-refractivity contribution in [2.75, 3.05) is 11.9 Å². The number of benzene rings is 2. The number of hydrogen-bond donors (Lipinski definition) is 2. The molecule has 2 aromatic carbocycles. The number of amides is 1. The molecule has 7 heteroatoms. The Morgan fingerprint density at radius 1 is 1.18 bits per heavy atom. The first kappa shape index (κ1) is 16.2. The van der Waals surface area contributed by atoms with Gasteiger partial charge in [0.25, 0.3) is 5.91 Å². The van der Waals surface area contributed by atoms with Crippen molar-refractivity contribution < 1.29 is 13.9 Å². The van der Waals surface area contributed by atoms with Gasteiger partial charge in [0, 0.05) is 5.69 Å². The van der Waals surface area contributed by atoms with Crippen LogP contribution in [0.15, 0.2) is 48.5 Å². The lowest BCUT2D eigenvalue weighted by Gasteiger charge is -2.11. The first-order chi connectivity index (χ1) is 10.5. The van der Waals surface area contributed by atoms with Crippen LogP contribution in [0, 0.1) is 5.82 Å². The number of carbonyl (C=O) groups excluding carboxylic acids is 1. The Kier molecular flexibility index (Phi) is 5.68. The predicted octanol–water partition coefficient (Wildman–Crippen LogP) is 3.37. The molecular formula is C15H12ClFN2O2S. The van der Waals surface area contributed by atoms with Gasteiger partial charge in [0.1, 0.15) is 11.6 Å². The summed E-state index contributed by atoms with van der Waals surface area (Å²) in [7, 11) is 0. The first-order valence-electron chi connectivity index (χ1n) is 6.28. The van der Waals surface area contributed by atoms with Crippen LogP contribution in [0.25, 0.3) is 0 Å². The van der Waals surface area contributed by atoms with Gasteiger partial charge in [-0.25, -0.2) is 4.39 Å². The van der Waals surface area contributed by atoms with Crippen molar-refractivity contribution in [1.82, 2.24) is 5.32 Å². The highest BCUT2D eigenvalue weighted by atomic mass is 35.5. The predicted molar refractivity (Wildman–Crippen MR) is 87.7 cm³/mol. The second kappa shape index (κ2) is 7.72. The van der Waals surface area contributed by atoms with E-state index in [1.807, 2.05) is 0 Å². The van der Waals surface area contributed by atoms with Gasteiger partial charge >= 0.3 is 0 Å². The number of hydrogen-bond acceptors (Lipinski definition) is 3. The topological polar surface area (TPSA) is 50.4 Å². The average Bonchev–Trinajstić information content (AvgIpc) is 2.49. The standard InChI is InChI=1S/C15H12ClFN2O2S/c16-12-3-1-2-4-13(12)21-9-14(20)19-15(22)18-11-7-5-10(17)6-8-11/h1-8H,9H2,(H2,18,19,20,22). The number of nitrogens with one attached hydrogen (secondary N) is 2. The molecule has 22 heavy (non-hydrogen) atoms. The maximum absolute atomic E-state index is 12.8. The van der Waals surface area contributed by atoms with Gasteiger partial charge in [-0.3, -0.25) is 10.1 Å². The van der Waals surface area contributed by atoms with Crippen LogP contribution in [-0.2, 0) is 4.79 Å². The summed E-state index contributed by atoms with van der Waals surface area (Å²) in [5.74, 6) is -0.370. The quantitative estimate of drug-likeness (QED) is 0.839. The summed E-state index contributed by atoms with van der Waals surface area (Å²) in [6.45, 7) is -0.227. The Morgan fingerprint density at radius 2 is 1.86 bits per heavy atom. The minimum Gasteiger partial charge on any atom is -0.482 e. The van der Waals surface area contributed by atoms with Gasteiger partial charge in [-0.15, -0.1) is 0 Å². The Morgan fingerprint density at radius 3 is 2.55 bits per heavy atom. The number of para-hydroxylation sites is 1. The Hall–Kier alpha value is -2.18. The molecule has 0 spiro atoms. The summed E-state index contributed by atoms with van der Waals surface area (Å²) in [5, 5.41) is 5.73. The zero-order chi connectivity index (χ0) is 15.9. The Bertz CT molecular complexity index is 679. The van der Waals surface area contributed by atoms with Crippen LogP contribution in [0.3, 0.4) is 0 Å². The molecule has 0 aromatic heterocycles. The third-order valence-corrected chi connectivity index (χ3v) is 3.07. The number of rotatable bonds is 4. The molecule has 0 radical (unpaired) electrons. The van der Waals surface area contributed by atoms with E-state index in [1.54, 1.807) is 24.3 Å². The zero-order valence-electron chi connectivity index (χ0n) is 11.3. The van der Waals surface area contributed by atoms with E-state index in [0.717, 1.165) is 0 Å². The van der Waals surface area contributed by atoms with Crippen LogP contribution in [0.5, 0.6) is 5.75 Å². The van der Waals surface area contributed by atoms with E-state index in [9.17, 15) is 9.18 Å². The van der Waals surface area contributed by atoms with Crippen LogP contribution in [0.4, 0.5) is 10.1 Å². The molecule has 0 saturated carbocycles. The van der Waals surface area contributed by atoms with Gasteiger partial charge in [-0.1, -0.05) is 23.7 Å². The normalized spacial score (nSPS) is 9.91. The van der Waals surface area contributed by atoms with Crippen LogP contribution >= 0.6 is 23.8 Å². The van der Waals surface area contributed by atoms with Crippen molar-refractivity contribution in [3.8, 4) is 5.75 Å². The summed E-state index contributed by atoms with van der Waals surface area (Å²) in [6, 6.07) is 12.4. The van der Waals surface area contributed by atoms with Crippen molar-refractivity contribution in [1.29, 1.82) is 0 Å². The molecule has 0 unspecified atom stereocenters. The molecule has 0 atom stereocenters. The van der Waals surface area contributed by atoms with Gasteiger partial charge in [0.15, 0.2) is 11.7 Å². The fraction of sp³-hybridized carbons (Fsp3) is 0.0667. The van der Waals surface area contributed by atoms with Crippen molar-refractivity contribution in [2.24, 2.45) is 0 Å². The smallest absolute Gasteiger partial charge is 0.264 e. The molecule has 2 aromatic rings. The molecule has 0 aliphatic rings. The van der Waals surface area contributed by atoms with Crippen LogP contribution in [0.2, 0.25) is 5.02 Å². The molecule has 2 rings (SSSR count). The minimum atomic E-state index is -0.431. The molecule has 0 aliphatic heterocycles. The molecule has 114 valence electrons. The van der Waals surface area contributed by atoms with E-state index in [-0.39, 0.29) is 17.5 Å². The summed E-state index contributed by atoms with van der Waals surface area (Å²) in [5.41, 5.74) is 0.568. The van der Waals surface area contributed by atoms with E-state index in [1.165, 1.54) is 24.3 Å².